The molecule has 0 aliphatic carbocycles. The maximum absolute atomic E-state index is 13.2. The van der Waals surface area contributed by atoms with Crippen LogP contribution in [0, 0.1) is 12.7 Å². The van der Waals surface area contributed by atoms with Crippen molar-refractivity contribution in [2.24, 2.45) is 0 Å². The highest BCUT2D eigenvalue weighted by Gasteiger charge is 2.05. The summed E-state index contributed by atoms with van der Waals surface area (Å²) in [6.45, 7) is 2.29. The highest BCUT2D eigenvalue weighted by Crippen LogP contribution is 2.24. The second-order valence-corrected chi connectivity index (χ2v) is 4.31. The SMILES string of the molecule is COc1ccc(O)c(CNc2cc(F)ccc2C)c1. The van der Waals surface area contributed by atoms with E-state index in [9.17, 15) is 9.50 Å². The lowest BCUT2D eigenvalue weighted by atomic mass is 10.1. The molecule has 0 aliphatic rings. The summed E-state index contributed by atoms with van der Waals surface area (Å²) >= 11 is 0. The summed E-state index contributed by atoms with van der Waals surface area (Å²) in [5.41, 5.74) is 2.36. The van der Waals surface area contributed by atoms with E-state index >= 15 is 0 Å². The molecule has 100 valence electrons. The molecule has 19 heavy (non-hydrogen) atoms. The van der Waals surface area contributed by atoms with Crippen molar-refractivity contribution in [3.05, 3.63) is 53.3 Å². The molecule has 0 spiro atoms. The number of hydrogen-bond donors (Lipinski definition) is 2. The Balaban J connectivity index is 2.16. The molecule has 0 heterocycles. The largest absolute Gasteiger partial charge is 0.508 e. The summed E-state index contributed by atoms with van der Waals surface area (Å²) in [6.07, 6.45) is 0. The van der Waals surface area contributed by atoms with E-state index in [0.717, 1.165) is 5.56 Å². The van der Waals surface area contributed by atoms with Gasteiger partial charge in [-0.05, 0) is 42.8 Å². The van der Waals surface area contributed by atoms with Gasteiger partial charge in [0.05, 0.1) is 7.11 Å². The maximum Gasteiger partial charge on any atom is 0.125 e. The second kappa shape index (κ2) is 5.61. The van der Waals surface area contributed by atoms with E-state index in [4.69, 9.17) is 4.74 Å². The third kappa shape index (κ3) is 3.16. The number of benzene rings is 2. The minimum atomic E-state index is -0.289. The topological polar surface area (TPSA) is 41.5 Å². The van der Waals surface area contributed by atoms with Crippen LogP contribution in [0.15, 0.2) is 36.4 Å². The van der Waals surface area contributed by atoms with Crippen molar-refractivity contribution in [3.8, 4) is 11.5 Å². The van der Waals surface area contributed by atoms with Gasteiger partial charge >= 0.3 is 0 Å². The molecule has 0 amide bonds. The molecule has 0 radical (unpaired) electrons. The first-order valence-corrected chi connectivity index (χ1v) is 5.96. The summed E-state index contributed by atoms with van der Waals surface area (Å²) in [6, 6.07) is 9.58. The Morgan fingerprint density at radius 3 is 2.74 bits per heavy atom. The van der Waals surface area contributed by atoms with Crippen molar-refractivity contribution in [2.75, 3.05) is 12.4 Å². The predicted octanol–water partition coefficient (Wildman–Crippen LogP) is 3.46. The molecule has 0 unspecified atom stereocenters. The van der Waals surface area contributed by atoms with Crippen LogP contribution in [0.5, 0.6) is 11.5 Å². The number of anilines is 1. The number of nitrogens with one attached hydrogen (secondary N) is 1. The zero-order valence-electron chi connectivity index (χ0n) is 10.9. The zero-order chi connectivity index (χ0) is 13.8. The lowest BCUT2D eigenvalue weighted by Crippen LogP contribution is -2.02. The predicted molar refractivity (Wildman–Crippen MR) is 73.1 cm³/mol. The molecule has 2 aromatic carbocycles. The fraction of sp³-hybridized carbons (Fsp3) is 0.200. The standard InChI is InChI=1S/C15H16FNO2/c1-10-3-4-12(16)8-14(10)17-9-11-7-13(19-2)5-6-15(11)18/h3-8,17-18H,9H2,1-2H3. The highest BCUT2D eigenvalue weighted by molar-refractivity contribution is 5.52. The van der Waals surface area contributed by atoms with Crippen LogP contribution in [0.2, 0.25) is 0 Å². The number of rotatable bonds is 4. The molecule has 2 rings (SSSR count). The Labute approximate surface area is 111 Å². The minimum absolute atomic E-state index is 0.183. The number of phenolic OH excluding ortho intramolecular Hbond substituents is 1. The Morgan fingerprint density at radius 2 is 2.00 bits per heavy atom. The Bertz CT molecular complexity index is 584. The lowest BCUT2D eigenvalue weighted by molar-refractivity contribution is 0.411. The van der Waals surface area contributed by atoms with Gasteiger partial charge in [0.15, 0.2) is 0 Å². The van der Waals surface area contributed by atoms with Crippen LogP contribution < -0.4 is 10.1 Å². The number of aromatic hydroxyl groups is 1. The van der Waals surface area contributed by atoms with Crippen molar-refractivity contribution in [1.82, 2.24) is 0 Å². The average Bonchev–Trinajstić information content (AvgIpc) is 2.41. The molecule has 0 saturated carbocycles. The average molecular weight is 261 g/mol. The van der Waals surface area contributed by atoms with Crippen LogP contribution in [0.25, 0.3) is 0 Å². The number of hydrogen-bond acceptors (Lipinski definition) is 3. The number of ether oxygens (including phenoxy) is 1. The highest BCUT2D eigenvalue weighted by atomic mass is 19.1. The molecule has 0 saturated heterocycles. The van der Waals surface area contributed by atoms with Crippen LogP contribution in [-0.2, 0) is 6.54 Å². The number of aryl methyl sites for hydroxylation is 1. The summed E-state index contributed by atoms with van der Waals surface area (Å²) < 4.78 is 18.3. The van der Waals surface area contributed by atoms with Crippen LogP contribution in [0.1, 0.15) is 11.1 Å². The van der Waals surface area contributed by atoms with Gasteiger partial charge < -0.3 is 15.2 Å². The van der Waals surface area contributed by atoms with Gasteiger partial charge in [-0.2, -0.15) is 0 Å². The van der Waals surface area contributed by atoms with Gasteiger partial charge in [-0.1, -0.05) is 6.07 Å². The first kappa shape index (κ1) is 13.2. The zero-order valence-corrected chi connectivity index (χ0v) is 10.9. The Morgan fingerprint density at radius 1 is 1.21 bits per heavy atom. The molecule has 0 bridgehead atoms. The first-order valence-electron chi connectivity index (χ1n) is 5.96. The summed E-state index contributed by atoms with van der Waals surface area (Å²) in [5, 5.41) is 12.9. The van der Waals surface area contributed by atoms with Gasteiger partial charge in [0.2, 0.25) is 0 Å². The molecule has 2 aromatic rings. The van der Waals surface area contributed by atoms with Crippen molar-refractivity contribution in [3.63, 3.8) is 0 Å². The van der Waals surface area contributed by atoms with Gasteiger partial charge in [-0.3, -0.25) is 0 Å². The van der Waals surface area contributed by atoms with Gasteiger partial charge in [-0.25, -0.2) is 4.39 Å². The molecule has 0 atom stereocenters. The third-order valence-electron chi connectivity index (χ3n) is 2.96. The maximum atomic E-state index is 13.2. The van der Waals surface area contributed by atoms with E-state index in [0.29, 0.717) is 23.5 Å². The lowest BCUT2D eigenvalue weighted by Gasteiger charge is -2.11. The first-order chi connectivity index (χ1) is 9.10. The molecule has 2 N–H and O–H groups in total. The number of halogens is 1. The fourth-order valence-corrected chi connectivity index (χ4v) is 1.81. The smallest absolute Gasteiger partial charge is 0.125 e. The van der Waals surface area contributed by atoms with Crippen LogP contribution >= 0.6 is 0 Å². The molecule has 4 heteroatoms. The molecule has 0 fully saturated rings. The molecule has 0 aliphatic heterocycles. The molecular formula is C15H16FNO2. The monoisotopic (exact) mass is 261 g/mol. The normalized spacial score (nSPS) is 10.3. The van der Waals surface area contributed by atoms with E-state index < -0.39 is 0 Å². The van der Waals surface area contributed by atoms with Gasteiger partial charge in [0.1, 0.15) is 17.3 Å². The molecule has 3 nitrogen and oxygen atoms in total. The molecular weight excluding hydrogens is 245 g/mol. The fourth-order valence-electron chi connectivity index (χ4n) is 1.81. The van der Waals surface area contributed by atoms with Gasteiger partial charge in [-0.15, -0.1) is 0 Å². The summed E-state index contributed by atoms with van der Waals surface area (Å²) in [4.78, 5) is 0. The molecule has 0 aromatic heterocycles. The van der Waals surface area contributed by atoms with E-state index in [1.165, 1.54) is 12.1 Å². The van der Waals surface area contributed by atoms with E-state index in [1.807, 2.05) is 6.92 Å². The van der Waals surface area contributed by atoms with Gasteiger partial charge in [0.25, 0.3) is 0 Å². The third-order valence-corrected chi connectivity index (χ3v) is 2.96. The van der Waals surface area contributed by atoms with Crippen molar-refractivity contribution in [2.45, 2.75) is 13.5 Å². The number of phenols is 1. The summed E-state index contributed by atoms with van der Waals surface area (Å²) in [5.74, 6) is 0.566. The van der Waals surface area contributed by atoms with Crippen molar-refractivity contribution < 1.29 is 14.2 Å². The van der Waals surface area contributed by atoms with Crippen molar-refractivity contribution in [1.29, 1.82) is 0 Å². The Hall–Kier alpha value is -2.23. The van der Waals surface area contributed by atoms with Gasteiger partial charge in [0, 0.05) is 17.8 Å². The van der Waals surface area contributed by atoms with Crippen molar-refractivity contribution >= 4 is 5.69 Å². The van der Waals surface area contributed by atoms with E-state index in [2.05, 4.69) is 5.32 Å². The van der Waals surface area contributed by atoms with Crippen LogP contribution in [0.3, 0.4) is 0 Å². The minimum Gasteiger partial charge on any atom is -0.508 e. The quantitative estimate of drug-likeness (QED) is 0.885. The summed E-state index contributed by atoms with van der Waals surface area (Å²) in [7, 11) is 1.57. The van der Waals surface area contributed by atoms with E-state index in [1.54, 1.807) is 31.4 Å². The van der Waals surface area contributed by atoms with Crippen LogP contribution in [0.4, 0.5) is 10.1 Å². The number of methoxy groups -OCH3 is 1. The Kier molecular flexibility index (Phi) is 3.90. The van der Waals surface area contributed by atoms with Crippen LogP contribution in [-0.4, -0.2) is 12.2 Å². The van der Waals surface area contributed by atoms with E-state index in [-0.39, 0.29) is 11.6 Å². The second-order valence-electron chi connectivity index (χ2n) is 4.31.